The van der Waals surface area contributed by atoms with E-state index in [2.05, 4.69) is 11.3 Å². The third kappa shape index (κ3) is 3.35. The Morgan fingerprint density at radius 3 is 2.73 bits per heavy atom. The molecule has 1 atom stereocenters. The van der Waals surface area contributed by atoms with Gasteiger partial charge in [0.1, 0.15) is 0 Å². The van der Waals surface area contributed by atoms with Gasteiger partial charge in [-0.2, -0.15) is 0 Å². The van der Waals surface area contributed by atoms with Gasteiger partial charge in [0.2, 0.25) is 0 Å². The Morgan fingerprint density at radius 2 is 2.20 bits per heavy atom. The second kappa shape index (κ2) is 4.91. The molecule has 1 aliphatic carbocycles. The predicted octanol–water partition coefficient (Wildman–Crippen LogP) is 2.38. The molecule has 0 aromatic heterocycles. The number of hydrogen-bond donors (Lipinski definition) is 0. The van der Waals surface area contributed by atoms with E-state index in [1.54, 1.807) is 0 Å². The highest BCUT2D eigenvalue weighted by Crippen LogP contribution is 2.23. The number of carbonyl (C=O) groups excluding carboxylic acids is 2. The van der Waals surface area contributed by atoms with Gasteiger partial charge < -0.3 is 4.74 Å². The highest BCUT2D eigenvalue weighted by molar-refractivity contribution is 6.01. The molecule has 0 aromatic carbocycles. The first-order valence-corrected chi connectivity index (χ1v) is 5.13. The van der Waals surface area contributed by atoms with Gasteiger partial charge in [-0.25, -0.2) is 9.59 Å². The molecular formula is C12H16O3. The van der Waals surface area contributed by atoms with E-state index in [4.69, 9.17) is 0 Å². The summed E-state index contributed by atoms with van der Waals surface area (Å²) in [6, 6.07) is 0. The van der Waals surface area contributed by atoms with Gasteiger partial charge in [0.15, 0.2) is 0 Å². The van der Waals surface area contributed by atoms with Crippen LogP contribution in [0.15, 0.2) is 23.8 Å². The molecule has 0 spiro atoms. The van der Waals surface area contributed by atoms with Gasteiger partial charge in [0.05, 0.1) is 0 Å². The van der Waals surface area contributed by atoms with E-state index in [0.29, 0.717) is 17.9 Å². The summed E-state index contributed by atoms with van der Waals surface area (Å²) in [4.78, 5) is 22.6. The molecule has 1 aliphatic rings. The van der Waals surface area contributed by atoms with Gasteiger partial charge in [0.25, 0.3) is 0 Å². The fourth-order valence-electron chi connectivity index (χ4n) is 1.53. The van der Waals surface area contributed by atoms with Gasteiger partial charge in [-0.3, -0.25) is 0 Å². The molecule has 0 saturated carbocycles. The van der Waals surface area contributed by atoms with E-state index in [1.165, 1.54) is 6.92 Å². The zero-order valence-electron chi connectivity index (χ0n) is 9.21. The number of carbonyl (C=O) groups is 2. The summed E-state index contributed by atoms with van der Waals surface area (Å²) in [6.07, 6.45) is 4.65. The first-order chi connectivity index (χ1) is 7.00. The summed E-state index contributed by atoms with van der Waals surface area (Å²) in [5.74, 6) is -0.769. The fourth-order valence-corrected chi connectivity index (χ4v) is 1.53. The van der Waals surface area contributed by atoms with Crippen LogP contribution in [0.25, 0.3) is 0 Å². The topological polar surface area (TPSA) is 43.4 Å². The normalized spacial score (nSPS) is 20.4. The highest BCUT2D eigenvalue weighted by Gasteiger charge is 2.19. The molecule has 1 rings (SSSR count). The van der Waals surface area contributed by atoms with Crippen LogP contribution in [0.4, 0.5) is 0 Å². The minimum Gasteiger partial charge on any atom is -0.386 e. The Hall–Kier alpha value is -1.38. The summed E-state index contributed by atoms with van der Waals surface area (Å²) in [7, 11) is 0. The van der Waals surface area contributed by atoms with Crippen molar-refractivity contribution in [1.82, 2.24) is 0 Å². The van der Waals surface area contributed by atoms with Crippen molar-refractivity contribution in [2.75, 3.05) is 0 Å². The molecule has 0 bridgehead atoms. The molecule has 0 amide bonds. The number of rotatable bonds is 2. The summed E-state index contributed by atoms with van der Waals surface area (Å²) >= 11 is 0. The number of esters is 2. The molecule has 0 heterocycles. The van der Waals surface area contributed by atoms with E-state index in [-0.39, 0.29) is 5.57 Å². The maximum absolute atomic E-state index is 11.5. The summed E-state index contributed by atoms with van der Waals surface area (Å²) < 4.78 is 4.65. The van der Waals surface area contributed by atoms with Crippen molar-refractivity contribution < 1.29 is 14.3 Å². The lowest BCUT2D eigenvalue weighted by atomic mass is 9.92. The molecule has 15 heavy (non-hydrogen) atoms. The smallest absolute Gasteiger partial charge is 0.341 e. The zero-order valence-corrected chi connectivity index (χ0v) is 9.21. The highest BCUT2D eigenvalue weighted by atomic mass is 16.6. The van der Waals surface area contributed by atoms with E-state index in [0.717, 1.165) is 12.8 Å². The lowest BCUT2D eigenvalue weighted by Gasteiger charge is -2.16. The first kappa shape index (κ1) is 11.7. The minimum absolute atomic E-state index is 0.243. The third-order valence-electron chi connectivity index (χ3n) is 2.39. The van der Waals surface area contributed by atoms with Crippen LogP contribution in [0.1, 0.15) is 33.1 Å². The molecular weight excluding hydrogens is 192 g/mol. The number of hydrogen-bond acceptors (Lipinski definition) is 3. The van der Waals surface area contributed by atoms with E-state index >= 15 is 0 Å². The molecule has 1 unspecified atom stereocenters. The molecule has 0 N–H and O–H groups in total. The Balaban J connectivity index is 2.61. The van der Waals surface area contributed by atoms with Crippen LogP contribution in [0.2, 0.25) is 0 Å². The van der Waals surface area contributed by atoms with Crippen LogP contribution in [0.3, 0.4) is 0 Å². The molecule has 3 nitrogen and oxygen atoms in total. The van der Waals surface area contributed by atoms with Gasteiger partial charge >= 0.3 is 11.9 Å². The fraction of sp³-hybridized carbons (Fsp3) is 0.500. The quantitative estimate of drug-likeness (QED) is 0.397. The van der Waals surface area contributed by atoms with Crippen molar-refractivity contribution in [2.45, 2.75) is 33.1 Å². The Labute approximate surface area is 89.8 Å². The van der Waals surface area contributed by atoms with Crippen molar-refractivity contribution >= 4 is 11.9 Å². The van der Waals surface area contributed by atoms with Crippen LogP contribution in [-0.4, -0.2) is 11.9 Å². The SMILES string of the molecule is C=C(C)C(=O)OC(=O)C1=CC(C)CCC1. The van der Waals surface area contributed by atoms with Crippen molar-refractivity contribution in [1.29, 1.82) is 0 Å². The zero-order chi connectivity index (χ0) is 11.4. The molecule has 0 fully saturated rings. The largest absolute Gasteiger partial charge is 0.386 e. The molecule has 82 valence electrons. The predicted molar refractivity (Wildman–Crippen MR) is 57.0 cm³/mol. The van der Waals surface area contributed by atoms with Crippen LogP contribution in [0, 0.1) is 5.92 Å². The molecule has 3 heteroatoms. The van der Waals surface area contributed by atoms with Gasteiger partial charge in [-0.1, -0.05) is 19.6 Å². The van der Waals surface area contributed by atoms with Gasteiger partial charge in [0, 0.05) is 11.1 Å². The lowest BCUT2D eigenvalue weighted by Crippen LogP contribution is -2.17. The van der Waals surface area contributed by atoms with Crippen molar-refractivity contribution in [3.8, 4) is 0 Å². The lowest BCUT2D eigenvalue weighted by molar-refractivity contribution is -0.154. The average Bonchev–Trinajstić information content (AvgIpc) is 2.17. The maximum Gasteiger partial charge on any atom is 0.341 e. The third-order valence-corrected chi connectivity index (χ3v) is 2.39. The number of ether oxygens (including phenoxy) is 1. The van der Waals surface area contributed by atoms with Crippen molar-refractivity contribution in [2.24, 2.45) is 5.92 Å². The average molecular weight is 208 g/mol. The Kier molecular flexibility index (Phi) is 3.83. The van der Waals surface area contributed by atoms with Crippen LogP contribution < -0.4 is 0 Å². The Bertz CT molecular complexity index is 326. The standard InChI is InChI=1S/C12H16O3/c1-8(2)11(13)15-12(14)10-6-4-5-9(3)7-10/h7,9H,1,4-6H2,2-3H3. The van der Waals surface area contributed by atoms with Crippen LogP contribution >= 0.6 is 0 Å². The van der Waals surface area contributed by atoms with E-state index in [1.807, 2.05) is 13.0 Å². The molecule has 0 aromatic rings. The second-order valence-corrected chi connectivity index (χ2v) is 4.02. The van der Waals surface area contributed by atoms with Crippen molar-refractivity contribution in [3.63, 3.8) is 0 Å². The van der Waals surface area contributed by atoms with E-state index in [9.17, 15) is 9.59 Å². The van der Waals surface area contributed by atoms with Crippen LogP contribution in [-0.2, 0) is 14.3 Å². The first-order valence-electron chi connectivity index (χ1n) is 5.13. The van der Waals surface area contributed by atoms with Crippen LogP contribution in [0.5, 0.6) is 0 Å². The van der Waals surface area contributed by atoms with Gasteiger partial charge in [-0.15, -0.1) is 0 Å². The van der Waals surface area contributed by atoms with E-state index < -0.39 is 11.9 Å². The molecule has 0 radical (unpaired) electrons. The van der Waals surface area contributed by atoms with Gasteiger partial charge in [-0.05, 0) is 32.1 Å². The summed E-state index contributed by atoms with van der Waals surface area (Å²) in [5.41, 5.74) is 0.858. The molecule has 0 saturated heterocycles. The maximum atomic E-state index is 11.5. The number of allylic oxidation sites excluding steroid dienone is 1. The summed E-state index contributed by atoms with van der Waals surface area (Å²) in [5, 5.41) is 0. The van der Waals surface area contributed by atoms with Crippen molar-refractivity contribution in [3.05, 3.63) is 23.8 Å². The monoisotopic (exact) mass is 208 g/mol. The molecule has 0 aliphatic heterocycles. The Morgan fingerprint density at radius 1 is 1.53 bits per heavy atom. The second-order valence-electron chi connectivity index (χ2n) is 4.02. The summed E-state index contributed by atoms with van der Waals surface area (Å²) in [6.45, 7) is 6.99. The minimum atomic E-state index is -0.640.